The number of benzene rings is 3. The van der Waals surface area contributed by atoms with Gasteiger partial charge in [0.2, 0.25) is 5.91 Å². The van der Waals surface area contributed by atoms with Gasteiger partial charge in [0.1, 0.15) is 23.2 Å². The second kappa shape index (κ2) is 13.0. The van der Waals surface area contributed by atoms with Crippen molar-refractivity contribution in [1.29, 1.82) is 5.41 Å². The van der Waals surface area contributed by atoms with Crippen LogP contribution in [0.2, 0.25) is 0 Å². The van der Waals surface area contributed by atoms with E-state index in [0.717, 1.165) is 19.0 Å². The predicted molar refractivity (Wildman–Crippen MR) is 159 cm³/mol. The van der Waals surface area contributed by atoms with Crippen molar-refractivity contribution in [3.63, 3.8) is 0 Å². The first kappa shape index (κ1) is 27.8. The topological polar surface area (TPSA) is 91.4 Å². The molecule has 6 nitrogen and oxygen atoms in total. The van der Waals surface area contributed by atoms with Crippen LogP contribution in [0.1, 0.15) is 25.7 Å². The quantitative estimate of drug-likeness (QED) is 0.153. The SMILES string of the molecule is CN(CC1(C(=O)NCCCC[P+](c2ccccc2)(c2ccccc2)c2ccccc2)CCOCC1)C(=N)N. The summed E-state index contributed by atoms with van der Waals surface area (Å²) in [5, 5.41) is 15.1. The first-order chi connectivity index (χ1) is 18.5. The van der Waals surface area contributed by atoms with Gasteiger partial charge in [-0.15, -0.1) is 0 Å². The van der Waals surface area contributed by atoms with E-state index in [9.17, 15) is 4.79 Å². The lowest BCUT2D eigenvalue weighted by molar-refractivity contribution is -0.137. The van der Waals surface area contributed by atoms with Crippen LogP contribution < -0.4 is 27.0 Å². The molecule has 1 aliphatic rings. The van der Waals surface area contributed by atoms with Crippen molar-refractivity contribution in [2.45, 2.75) is 25.7 Å². The summed E-state index contributed by atoms with van der Waals surface area (Å²) in [6, 6.07) is 32.7. The molecular formula is C31H40N4O2P+. The van der Waals surface area contributed by atoms with Crippen LogP contribution in [0, 0.1) is 10.8 Å². The van der Waals surface area contributed by atoms with Gasteiger partial charge in [0.05, 0.1) is 11.6 Å². The number of amides is 1. The van der Waals surface area contributed by atoms with E-state index in [4.69, 9.17) is 15.9 Å². The summed E-state index contributed by atoms with van der Waals surface area (Å²) >= 11 is 0. The van der Waals surface area contributed by atoms with Crippen LogP contribution in [-0.2, 0) is 9.53 Å². The summed E-state index contributed by atoms with van der Waals surface area (Å²) in [5.74, 6) is 0.0239. The minimum atomic E-state index is -1.86. The molecule has 1 amide bonds. The summed E-state index contributed by atoms with van der Waals surface area (Å²) in [6.45, 7) is 2.17. The zero-order valence-corrected chi connectivity index (χ0v) is 23.2. The number of ether oxygens (including phenoxy) is 1. The van der Waals surface area contributed by atoms with Crippen LogP contribution in [0.4, 0.5) is 0 Å². The Morgan fingerprint density at radius 1 is 0.895 bits per heavy atom. The van der Waals surface area contributed by atoms with Gasteiger partial charge in [-0.2, -0.15) is 0 Å². The Morgan fingerprint density at radius 3 is 1.82 bits per heavy atom. The lowest BCUT2D eigenvalue weighted by atomic mass is 9.78. The van der Waals surface area contributed by atoms with Crippen LogP contribution in [0.5, 0.6) is 0 Å². The molecule has 0 spiro atoms. The van der Waals surface area contributed by atoms with Gasteiger partial charge in [0.25, 0.3) is 0 Å². The summed E-state index contributed by atoms with van der Waals surface area (Å²) < 4.78 is 5.54. The first-order valence-corrected chi connectivity index (χ1v) is 15.4. The van der Waals surface area contributed by atoms with E-state index in [1.165, 1.54) is 15.9 Å². The molecule has 0 atom stereocenters. The molecule has 3 aromatic carbocycles. The van der Waals surface area contributed by atoms with Gasteiger partial charge in [-0.05, 0) is 62.1 Å². The van der Waals surface area contributed by atoms with E-state index >= 15 is 0 Å². The fourth-order valence-corrected chi connectivity index (χ4v) is 9.91. The molecule has 3 aromatic rings. The summed E-state index contributed by atoms with van der Waals surface area (Å²) in [4.78, 5) is 15.1. The van der Waals surface area contributed by atoms with Gasteiger partial charge in [-0.25, -0.2) is 0 Å². The lowest BCUT2D eigenvalue weighted by Gasteiger charge is -2.38. The molecule has 0 aliphatic carbocycles. The molecule has 1 heterocycles. The Kier molecular flexibility index (Phi) is 9.54. The van der Waals surface area contributed by atoms with Crippen molar-refractivity contribution in [3.05, 3.63) is 91.0 Å². The lowest BCUT2D eigenvalue weighted by Crippen LogP contribution is -2.52. The van der Waals surface area contributed by atoms with Crippen LogP contribution in [0.25, 0.3) is 0 Å². The fourth-order valence-electron chi connectivity index (χ4n) is 5.50. The zero-order chi connectivity index (χ0) is 26.8. The molecule has 0 aromatic heterocycles. The third-order valence-electron chi connectivity index (χ3n) is 7.68. The maximum atomic E-state index is 13.4. The Hall–Kier alpha value is -3.21. The molecule has 0 bridgehead atoms. The maximum Gasteiger partial charge on any atom is 0.228 e. The van der Waals surface area contributed by atoms with Crippen LogP contribution >= 0.6 is 7.26 Å². The van der Waals surface area contributed by atoms with E-state index in [1.54, 1.807) is 11.9 Å². The minimum absolute atomic E-state index is 0.0216. The Morgan fingerprint density at radius 2 is 1.37 bits per heavy atom. The largest absolute Gasteiger partial charge is 0.381 e. The Bertz CT molecular complexity index is 1070. The van der Waals surface area contributed by atoms with Crippen LogP contribution in [-0.4, -0.2) is 56.3 Å². The number of carbonyl (C=O) groups is 1. The highest BCUT2D eigenvalue weighted by Gasteiger charge is 2.45. The monoisotopic (exact) mass is 531 g/mol. The molecule has 1 saturated heterocycles. The maximum absolute atomic E-state index is 13.4. The molecule has 38 heavy (non-hydrogen) atoms. The van der Waals surface area contributed by atoms with Crippen molar-refractivity contribution in [2.24, 2.45) is 11.1 Å². The average Bonchev–Trinajstić information content (AvgIpc) is 2.97. The van der Waals surface area contributed by atoms with Crippen molar-refractivity contribution in [1.82, 2.24) is 10.2 Å². The third kappa shape index (κ3) is 6.25. The molecular weight excluding hydrogens is 491 g/mol. The molecule has 4 rings (SSSR count). The van der Waals surface area contributed by atoms with Crippen LogP contribution in [0.3, 0.4) is 0 Å². The smallest absolute Gasteiger partial charge is 0.228 e. The van der Waals surface area contributed by atoms with Crippen molar-refractivity contribution in [2.75, 3.05) is 39.5 Å². The highest BCUT2D eigenvalue weighted by molar-refractivity contribution is 7.95. The molecule has 0 radical (unpaired) electrons. The van der Waals surface area contributed by atoms with E-state index in [-0.39, 0.29) is 11.9 Å². The number of rotatable bonds is 11. The van der Waals surface area contributed by atoms with E-state index in [0.29, 0.717) is 39.1 Å². The van der Waals surface area contributed by atoms with Crippen LogP contribution in [0.15, 0.2) is 91.0 Å². The molecule has 0 saturated carbocycles. The van der Waals surface area contributed by atoms with E-state index in [2.05, 4.69) is 96.3 Å². The Balaban J connectivity index is 1.49. The molecule has 1 aliphatic heterocycles. The molecule has 1 fully saturated rings. The van der Waals surface area contributed by atoms with E-state index in [1.807, 2.05) is 0 Å². The van der Waals surface area contributed by atoms with Crippen molar-refractivity contribution < 1.29 is 9.53 Å². The number of hydrogen-bond acceptors (Lipinski definition) is 3. The first-order valence-electron chi connectivity index (χ1n) is 13.4. The number of carbonyl (C=O) groups excluding carboxylic acids is 1. The predicted octanol–water partition coefficient (Wildman–Crippen LogP) is 3.50. The standard InChI is InChI=1S/C31H39N4O2P/c1-35(30(32)33)25-31(19-22-37-23-20-31)29(36)34-21-11-12-24-38(26-13-5-2-6-14-26,27-15-7-3-8-16-27)28-17-9-4-10-18-28/h2-10,13-18H,11-12,19-25H2,1H3,(H3-,32,33,34,36)/p+1. The Labute approximate surface area is 227 Å². The number of nitrogens with one attached hydrogen (secondary N) is 2. The second-order valence-corrected chi connectivity index (χ2v) is 13.8. The van der Waals surface area contributed by atoms with Gasteiger partial charge in [-0.1, -0.05) is 54.6 Å². The van der Waals surface area contributed by atoms with Gasteiger partial charge >= 0.3 is 0 Å². The van der Waals surface area contributed by atoms with Crippen molar-refractivity contribution >= 4 is 35.0 Å². The summed E-state index contributed by atoms with van der Waals surface area (Å²) in [6.07, 6.45) is 4.21. The molecule has 4 N–H and O–H groups in total. The van der Waals surface area contributed by atoms with Gasteiger partial charge < -0.3 is 20.7 Å². The highest BCUT2D eigenvalue weighted by Crippen LogP contribution is 2.55. The third-order valence-corrected chi connectivity index (χ3v) is 12.2. The number of hydrogen-bond donors (Lipinski definition) is 3. The van der Waals surface area contributed by atoms with Gasteiger partial charge in [0.15, 0.2) is 5.96 Å². The highest BCUT2D eigenvalue weighted by atomic mass is 31.2. The average molecular weight is 532 g/mol. The number of nitrogens with zero attached hydrogens (tertiary/aromatic N) is 1. The number of unbranched alkanes of at least 4 members (excludes halogenated alkanes) is 1. The summed E-state index contributed by atoms with van der Waals surface area (Å²) in [5.41, 5.74) is 5.11. The second-order valence-electron chi connectivity index (χ2n) is 10.1. The minimum Gasteiger partial charge on any atom is -0.381 e. The van der Waals surface area contributed by atoms with Gasteiger partial charge in [-0.3, -0.25) is 10.2 Å². The normalized spacial score (nSPS) is 15.0. The number of nitrogens with two attached hydrogens (primary N) is 1. The zero-order valence-electron chi connectivity index (χ0n) is 22.3. The van der Waals surface area contributed by atoms with Gasteiger partial charge in [0, 0.05) is 33.4 Å². The number of guanidine groups is 1. The molecule has 200 valence electrons. The molecule has 7 heteroatoms. The summed E-state index contributed by atoms with van der Waals surface area (Å²) in [7, 11) is -0.0896. The van der Waals surface area contributed by atoms with E-state index < -0.39 is 12.7 Å². The molecule has 0 unspecified atom stereocenters. The fraction of sp³-hybridized carbons (Fsp3) is 0.355. The van der Waals surface area contributed by atoms with Crippen molar-refractivity contribution in [3.8, 4) is 0 Å².